The molecule has 1 fully saturated rings. The second-order valence-electron chi connectivity index (χ2n) is 7.97. The molecule has 0 bridgehead atoms. The summed E-state index contributed by atoms with van der Waals surface area (Å²) >= 11 is 0. The number of hydrogen-bond acceptors (Lipinski definition) is 5. The molecule has 2 aliphatic carbocycles. The first-order valence-electron chi connectivity index (χ1n) is 10.4. The van der Waals surface area contributed by atoms with Gasteiger partial charge in [-0.25, -0.2) is 9.98 Å². The number of amides is 1. The molecular formula is C24H31N3O3. The second-order valence-corrected chi connectivity index (χ2v) is 7.97. The highest BCUT2D eigenvalue weighted by molar-refractivity contribution is 6.03. The molecule has 0 saturated heterocycles. The van der Waals surface area contributed by atoms with E-state index in [-0.39, 0.29) is 17.2 Å². The molecule has 2 aliphatic rings. The predicted molar refractivity (Wildman–Crippen MR) is 119 cm³/mol. The van der Waals surface area contributed by atoms with Gasteiger partial charge in [-0.2, -0.15) is 0 Å². The SMILES string of the molecule is CCC(=NC(=C(C)C)c1ccnc(OC)c1)NC(=O)C1(C2C=CC(OC)=CC2)CC1. The van der Waals surface area contributed by atoms with Crippen LogP contribution >= 0.6 is 0 Å². The summed E-state index contributed by atoms with van der Waals surface area (Å²) in [6, 6.07) is 3.76. The highest BCUT2D eigenvalue weighted by Gasteiger charge is 2.54. The van der Waals surface area contributed by atoms with Crippen molar-refractivity contribution >= 4 is 17.4 Å². The fourth-order valence-corrected chi connectivity index (χ4v) is 3.78. The molecule has 0 radical (unpaired) electrons. The van der Waals surface area contributed by atoms with Gasteiger partial charge in [-0.3, -0.25) is 4.79 Å². The van der Waals surface area contributed by atoms with Gasteiger partial charge < -0.3 is 14.8 Å². The maximum absolute atomic E-state index is 13.2. The molecule has 1 amide bonds. The maximum atomic E-state index is 13.2. The first-order valence-corrected chi connectivity index (χ1v) is 10.4. The van der Waals surface area contributed by atoms with Gasteiger partial charge in [-0.1, -0.05) is 18.6 Å². The smallest absolute Gasteiger partial charge is 0.232 e. The fourth-order valence-electron chi connectivity index (χ4n) is 3.78. The van der Waals surface area contributed by atoms with E-state index in [9.17, 15) is 4.79 Å². The average molecular weight is 410 g/mol. The van der Waals surface area contributed by atoms with Crippen LogP contribution in [-0.4, -0.2) is 30.9 Å². The molecule has 6 nitrogen and oxygen atoms in total. The lowest BCUT2D eigenvalue weighted by atomic mass is 9.83. The van der Waals surface area contributed by atoms with E-state index >= 15 is 0 Å². The number of hydrogen-bond donors (Lipinski definition) is 1. The standard InChI is InChI=1S/C24H31N3O3/c1-6-20(26-22(16(2)3)17-11-14-25-21(15-17)30-5)27-23(28)24(12-13-24)18-7-9-19(29-4)10-8-18/h7,9-11,14-15,18H,6,8,12-13H2,1-5H3,(H,26,27,28). The second kappa shape index (κ2) is 9.28. The van der Waals surface area contributed by atoms with Crippen LogP contribution in [-0.2, 0) is 9.53 Å². The molecule has 30 heavy (non-hydrogen) atoms. The average Bonchev–Trinajstić information content (AvgIpc) is 3.58. The zero-order chi connectivity index (χ0) is 21.7. The van der Waals surface area contributed by atoms with E-state index in [1.54, 1.807) is 20.4 Å². The van der Waals surface area contributed by atoms with Crippen LogP contribution in [0.25, 0.3) is 5.70 Å². The van der Waals surface area contributed by atoms with E-state index in [1.165, 1.54) is 0 Å². The van der Waals surface area contributed by atoms with Gasteiger partial charge in [0.25, 0.3) is 0 Å². The number of methoxy groups -OCH3 is 2. The number of pyridine rings is 1. The normalized spacial score (nSPS) is 19.6. The lowest BCUT2D eigenvalue weighted by molar-refractivity contribution is -0.126. The summed E-state index contributed by atoms with van der Waals surface area (Å²) < 4.78 is 10.5. The molecule has 6 heteroatoms. The summed E-state index contributed by atoms with van der Waals surface area (Å²) in [6.07, 6.45) is 11.1. The van der Waals surface area contributed by atoms with Crippen molar-refractivity contribution in [2.75, 3.05) is 14.2 Å². The van der Waals surface area contributed by atoms with Gasteiger partial charge in [-0.05, 0) is 57.2 Å². The van der Waals surface area contributed by atoms with Crippen molar-refractivity contribution in [1.29, 1.82) is 0 Å². The van der Waals surface area contributed by atoms with Crippen LogP contribution in [0.4, 0.5) is 0 Å². The van der Waals surface area contributed by atoms with Crippen molar-refractivity contribution in [2.45, 2.75) is 46.5 Å². The van der Waals surface area contributed by atoms with E-state index < -0.39 is 0 Å². The monoisotopic (exact) mass is 409 g/mol. The highest BCUT2D eigenvalue weighted by atomic mass is 16.5. The Hall–Kier alpha value is -2.89. The van der Waals surface area contributed by atoms with Gasteiger partial charge in [0.1, 0.15) is 11.6 Å². The van der Waals surface area contributed by atoms with Crippen LogP contribution in [0.3, 0.4) is 0 Å². The van der Waals surface area contributed by atoms with Gasteiger partial charge in [0, 0.05) is 24.2 Å². The summed E-state index contributed by atoms with van der Waals surface area (Å²) in [5, 5.41) is 3.12. The van der Waals surface area contributed by atoms with Crippen molar-refractivity contribution in [3.05, 3.63) is 53.5 Å². The van der Waals surface area contributed by atoms with Crippen LogP contribution in [0.15, 0.2) is 52.9 Å². The molecule has 1 atom stereocenters. The van der Waals surface area contributed by atoms with Crippen LogP contribution in [0, 0.1) is 11.3 Å². The molecular weight excluding hydrogens is 378 g/mol. The summed E-state index contributed by atoms with van der Waals surface area (Å²) in [4.78, 5) is 22.2. The number of allylic oxidation sites excluding steroid dienone is 4. The number of ether oxygens (including phenoxy) is 2. The summed E-state index contributed by atoms with van der Waals surface area (Å²) in [6.45, 7) is 6.02. The highest BCUT2D eigenvalue weighted by Crippen LogP contribution is 2.55. The Morgan fingerprint density at radius 2 is 2.07 bits per heavy atom. The molecule has 160 valence electrons. The van der Waals surface area contributed by atoms with Crippen molar-refractivity contribution in [2.24, 2.45) is 16.3 Å². The van der Waals surface area contributed by atoms with Crippen molar-refractivity contribution < 1.29 is 14.3 Å². The molecule has 1 saturated carbocycles. The molecule has 1 N–H and O–H groups in total. The number of nitrogens with one attached hydrogen (secondary N) is 1. The van der Waals surface area contributed by atoms with Gasteiger partial charge in [0.2, 0.25) is 11.8 Å². The van der Waals surface area contributed by atoms with E-state index in [4.69, 9.17) is 14.5 Å². The number of rotatable bonds is 7. The van der Waals surface area contributed by atoms with E-state index in [0.717, 1.165) is 41.9 Å². The third-order valence-electron chi connectivity index (χ3n) is 5.78. The largest absolute Gasteiger partial charge is 0.497 e. The first kappa shape index (κ1) is 21.8. The minimum absolute atomic E-state index is 0.0624. The Bertz CT molecular complexity index is 919. The number of carbonyl (C=O) groups is 1. The summed E-state index contributed by atoms with van der Waals surface area (Å²) in [5.41, 5.74) is 2.45. The van der Waals surface area contributed by atoms with E-state index in [1.807, 2.05) is 39.0 Å². The molecule has 1 heterocycles. The Morgan fingerprint density at radius 3 is 2.60 bits per heavy atom. The molecule has 0 aliphatic heterocycles. The third kappa shape index (κ3) is 4.64. The topological polar surface area (TPSA) is 72.8 Å². The van der Waals surface area contributed by atoms with Gasteiger partial charge in [-0.15, -0.1) is 0 Å². The van der Waals surface area contributed by atoms with Crippen molar-refractivity contribution in [1.82, 2.24) is 10.3 Å². The van der Waals surface area contributed by atoms with Gasteiger partial charge in [0.15, 0.2) is 0 Å². The van der Waals surface area contributed by atoms with E-state index in [2.05, 4.69) is 22.5 Å². The molecule has 3 rings (SSSR count). The quantitative estimate of drug-likeness (QED) is 0.525. The summed E-state index contributed by atoms with van der Waals surface area (Å²) in [5.74, 6) is 2.33. The third-order valence-corrected chi connectivity index (χ3v) is 5.78. The van der Waals surface area contributed by atoms with Crippen LogP contribution in [0.5, 0.6) is 5.88 Å². The fraction of sp³-hybridized carbons (Fsp3) is 0.458. The Kier molecular flexibility index (Phi) is 6.75. The van der Waals surface area contributed by atoms with Crippen LogP contribution in [0.1, 0.15) is 52.0 Å². The lowest BCUT2D eigenvalue weighted by Crippen LogP contribution is -2.40. The number of amidine groups is 1. The number of aromatic nitrogens is 1. The molecule has 0 aromatic carbocycles. The van der Waals surface area contributed by atoms with Gasteiger partial charge >= 0.3 is 0 Å². The molecule has 1 aromatic heterocycles. The van der Waals surface area contributed by atoms with Crippen LogP contribution in [0.2, 0.25) is 0 Å². The van der Waals surface area contributed by atoms with E-state index in [0.29, 0.717) is 18.1 Å². The predicted octanol–water partition coefficient (Wildman–Crippen LogP) is 4.65. The zero-order valence-electron chi connectivity index (χ0n) is 18.5. The number of nitrogens with zero attached hydrogens (tertiary/aromatic N) is 2. The first-order chi connectivity index (χ1) is 14.4. The molecule has 1 unspecified atom stereocenters. The van der Waals surface area contributed by atoms with Crippen molar-refractivity contribution in [3.8, 4) is 5.88 Å². The van der Waals surface area contributed by atoms with Crippen LogP contribution < -0.4 is 10.1 Å². The van der Waals surface area contributed by atoms with Crippen molar-refractivity contribution in [3.63, 3.8) is 0 Å². The minimum atomic E-state index is -0.340. The Labute approximate surface area is 178 Å². The Morgan fingerprint density at radius 1 is 1.30 bits per heavy atom. The Balaban J connectivity index is 1.79. The molecule has 0 spiro atoms. The lowest BCUT2D eigenvalue weighted by Gasteiger charge is -2.25. The zero-order valence-corrected chi connectivity index (χ0v) is 18.5. The maximum Gasteiger partial charge on any atom is 0.232 e. The number of aliphatic imine (C=N–C) groups is 1. The molecule has 1 aromatic rings. The van der Waals surface area contributed by atoms with Gasteiger partial charge in [0.05, 0.1) is 25.3 Å². The number of carbonyl (C=O) groups excluding carboxylic acids is 1. The summed E-state index contributed by atoms with van der Waals surface area (Å²) in [7, 11) is 3.26. The minimum Gasteiger partial charge on any atom is -0.497 e.